The lowest BCUT2D eigenvalue weighted by Crippen LogP contribution is -2.11. The molecule has 3 aromatic rings. The molecule has 2 aromatic carbocycles. The smallest absolute Gasteiger partial charge is 0.238 e. The van der Waals surface area contributed by atoms with Crippen molar-refractivity contribution >= 4 is 26.0 Å². The summed E-state index contributed by atoms with van der Waals surface area (Å²) in [7, 11) is -2.18. The van der Waals surface area contributed by atoms with Gasteiger partial charge in [0.05, 0.1) is 4.90 Å². The summed E-state index contributed by atoms with van der Waals surface area (Å²) in [6.07, 6.45) is 0. The number of hydrogen-bond acceptors (Lipinski definition) is 5. The highest BCUT2D eigenvalue weighted by Crippen LogP contribution is 2.33. The fraction of sp³-hybridized carbons (Fsp3) is 0.118. The van der Waals surface area contributed by atoms with Crippen LogP contribution in [-0.2, 0) is 21.4 Å². The van der Waals surface area contributed by atoms with E-state index in [4.69, 9.17) is 14.3 Å². The molecule has 0 aliphatic heterocycles. The molecule has 1 aromatic heterocycles. The average molecular weight is 423 g/mol. The molecule has 3 rings (SSSR count). The topological polar surface area (TPSA) is 95.4 Å². The Morgan fingerprint density at radius 2 is 1.68 bits per heavy atom. The summed E-state index contributed by atoms with van der Waals surface area (Å²) < 4.78 is 34.7. The Labute approximate surface area is 153 Å². The monoisotopic (exact) mass is 422 g/mol. The van der Waals surface area contributed by atoms with E-state index in [9.17, 15) is 8.42 Å². The Bertz CT molecular complexity index is 980. The van der Waals surface area contributed by atoms with Crippen LogP contribution in [-0.4, -0.2) is 20.5 Å². The van der Waals surface area contributed by atoms with Gasteiger partial charge in [-0.2, -0.15) is 0 Å². The van der Waals surface area contributed by atoms with Crippen LogP contribution in [0.2, 0.25) is 0 Å². The van der Waals surface area contributed by atoms with Gasteiger partial charge in [-0.25, -0.2) is 18.5 Å². The Morgan fingerprint density at radius 3 is 2.24 bits per heavy atom. The Hall–Kier alpha value is -2.00. The largest absolute Gasteiger partial charge is 0.437 e. The average Bonchev–Trinajstić information content (AvgIpc) is 2.99. The number of ether oxygens (including phenoxy) is 1. The summed E-state index contributed by atoms with van der Waals surface area (Å²) >= 11 is 3.40. The fourth-order valence-corrected chi connectivity index (χ4v) is 3.12. The second kappa shape index (κ2) is 7.09. The van der Waals surface area contributed by atoms with E-state index in [0.717, 1.165) is 15.6 Å². The number of oxazole rings is 1. The van der Waals surface area contributed by atoms with Crippen LogP contribution in [0.5, 0.6) is 0 Å². The molecule has 0 atom stereocenters. The molecular formula is C17H15BrN2O4S. The first-order valence-corrected chi connectivity index (χ1v) is 9.60. The standard InChI is InChI=1S/C17H15BrN2O4S/c1-23-10-15-20-16(11-4-8-14(9-5-11)25(19,21)22)17(24-15)12-2-6-13(18)7-3-12/h2-9H,10H2,1H3,(H2,19,21,22). The second-order valence-corrected chi connectivity index (χ2v) is 7.77. The van der Waals surface area contributed by atoms with Crippen LogP contribution in [0, 0.1) is 0 Å². The minimum Gasteiger partial charge on any atom is -0.437 e. The van der Waals surface area contributed by atoms with Gasteiger partial charge in [-0.1, -0.05) is 40.2 Å². The summed E-state index contributed by atoms with van der Waals surface area (Å²) in [5, 5.41) is 5.14. The molecule has 0 spiro atoms. The predicted octanol–water partition coefficient (Wildman–Crippen LogP) is 3.56. The van der Waals surface area contributed by atoms with Gasteiger partial charge in [0.25, 0.3) is 0 Å². The lowest BCUT2D eigenvalue weighted by molar-refractivity contribution is 0.160. The van der Waals surface area contributed by atoms with E-state index >= 15 is 0 Å². The van der Waals surface area contributed by atoms with Crippen molar-refractivity contribution in [1.29, 1.82) is 0 Å². The molecule has 0 aliphatic rings. The van der Waals surface area contributed by atoms with Crippen LogP contribution in [0.3, 0.4) is 0 Å². The van der Waals surface area contributed by atoms with Crippen molar-refractivity contribution < 1.29 is 17.6 Å². The number of rotatable bonds is 5. The van der Waals surface area contributed by atoms with Crippen molar-refractivity contribution in [3.8, 4) is 22.6 Å². The van der Waals surface area contributed by atoms with Crippen LogP contribution in [0.4, 0.5) is 0 Å². The third-order valence-corrected chi connectivity index (χ3v) is 4.96. The molecule has 1 heterocycles. The molecule has 0 radical (unpaired) electrons. The molecule has 0 bridgehead atoms. The Kier molecular flexibility index (Phi) is 5.05. The van der Waals surface area contributed by atoms with E-state index in [1.165, 1.54) is 12.1 Å². The summed E-state index contributed by atoms with van der Waals surface area (Å²) in [4.78, 5) is 4.52. The van der Waals surface area contributed by atoms with E-state index in [-0.39, 0.29) is 11.5 Å². The summed E-state index contributed by atoms with van der Waals surface area (Å²) in [6, 6.07) is 13.8. The van der Waals surface area contributed by atoms with E-state index in [2.05, 4.69) is 20.9 Å². The quantitative estimate of drug-likeness (QED) is 0.677. The number of nitrogens with two attached hydrogens (primary N) is 1. The van der Waals surface area contributed by atoms with E-state index in [1.54, 1.807) is 19.2 Å². The third-order valence-electron chi connectivity index (χ3n) is 3.50. The van der Waals surface area contributed by atoms with Gasteiger partial charge < -0.3 is 9.15 Å². The summed E-state index contributed by atoms with van der Waals surface area (Å²) in [6.45, 7) is 0.235. The predicted molar refractivity (Wildman–Crippen MR) is 97.2 cm³/mol. The molecule has 130 valence electrons. The third kappa shape index (κ3) is 3.98. The van der Waals surface area contributed by atoms with Gasteiger partial charge in [0, 0.05) is 22.7 Å². The van der Waals surface area contributed by atoms with E-state index < -0.39 is 10.0 Å². The normalized spacial score (nSPS) is 11.6. The molecule has 6 nitrogen and oxygen atoms in total. The highest BCUT2D eigenvalue weighted by Gasteiger charge is 2.18. The van der Waals surface area contributed by atoms with Gasteiger partial charge in [-0.05, 0) is 24.3 Å². The first kappa shape index (κ1) is 17.8. The lowest BCUT2D eigenvalue weighted by Gasteiger charge is -2.03. The van der Waals surface area contributed by atoms with E-state index in [1.807, 2.05) is 24.3 Å². The number of halogens is 1. The molecule has 2 N–H and O–H groups in total. The highest BCUT2D eigenvalue weighted by molar-refractivity contribution is 9.10. The van der Waals surface area contributed by atoms with Crippen molar-refractivity contribution in [1.82, 2.24) is 4.98 Å². The van der Waals surface area contributed by atoms with Crippen LogP contribution in [0.25, 0.3) is 22.6 Å². The lowest BCUT2D eigenvalue weighted by atomic mass is 10.1. The number of aromatic nitrogens is 1. The Balaban J connectivity index is 2.09. The number of hydrogen-bond donors (Lipinski definition) is 1. The fourth-order valence-electron chi connectivity index (χ4n) is 2.34. The van der Waals surface area contributed by atoms with Crippen LogP contribution >= 0.6 is 15.9 Å². The van der Waals surface area contributed by atoms with Crippen molar-refractivity contribution in [2.75, 3.05) is 7.11 Å². The molecule has 8 heteroatoms. The van der Waals surface area contributed by atoms with Crippen LogP contribution in [0.1, 0.15) is 5.89 Å². The molecule has 0 fully saturated rings. The van der Waals surface area contributed by atoms with Gasteiger partial charge in [0.15, 0.2) is 5.76 Å². The summed E-state index contributed by atoms with van der Waals surface area (Å²) in [5.41, 5.74) is 2.18. The highest BCUT2D eigenvalue weighted by atomic mass is 79.9. The number of benzene rings is 2. The van der Waals surface area contributed by atoms with Crippen LogP contribution < -0.4 is 5.14 Å². The van der Waals surface area contributed by atoms with Gasteiger partial charge >= 0.3 is 0 Å². The zero-order valence-corrected chi connectivity index (χ0v) is 15.7. The second-order valence-electron chi connectivity index (χ2n) is 5.29. The van der Waals surface area contributed by atoms with Crippen molar-refractivity contribution in [2.24, 2.45) is 5.14 Å². The summed E-state index contributed by atoms with van der Waals surface area (Å²) in [5.74, 6) is 1.02. The minimum atomic E-state index is -3.74. The first-order valence-electron chi connectivity index (χ1n) is 7.26. The van der Waals surface area contributed by atoms with Gasteiger partial charge in [0.2, 0.25) is 15.9 Å². The van der Waals surface area contributed by atoms with E-state index in [0.29, 0.717) is 17.3 Å². The molecule has 0 saturated carbocycles. The maximum Gasteiger partial charge on any atom is 0.238 e. The SMILES string of the molecule is COCc1nc(-c2ccc(S(N)(=O)=O)cc2)c(-c2ccc(Br)cc2)o1. The number of primary sulfonamides is 1. The molecule has 0 aliphatic carbocycles. The van der Waals surface area contributed by atoms with Crippen LogP contribution in [0.15, 0.2) is 62.3 Å². The Morgan fingerprint density at radius 1 is 1.08 bits per heavy atom. The minimum absolute atomic E-state index is 0.0436. The molecule has 25 heavy (non-hydrogen) atoms. The van der Waals surface area contributed by atoms with Crippen molar-refractivity contribution in [3.63, 3.8) is 0 Å². The van der Waals surface area contributed by atoms with Gasteiger partial charge in [0.1, 0.15) is 12.3 Å². The van der Waals surface area contributed by atoms with Gasteiger partial charge in [-0.15, -0.1) is 0 Å². The van der Waals surface area contributed by atoms with Crippen molar-refractivity contribution in [3.05, 3.63) is 58.9 Å². The molecular weight excluding hydrogens is 408 g/mol. The maximum atomic E-state index is 11.4. The number of sulfonamides is 1. The zero-order chi connectivity index (χ0) is 18.0. The number of nitrogens with zero attached hydrogens (tertiary/aromatic N) is 1. The van der Waals surface area contributed by atoms with Gasteiger partial charge in [-0.3, -0.25) is 0 Å². The maximum absolute atomic E-state index is 11.4. The number of methoxy groups -OCH3 is 1. The molecule has 0 saturated heterocycles. The molecule has 0 amide bonds. The molecule has 0 unspecified atom stereocenters. The first-order chi connectivity index (χ1) is 11.9. The van der Waals surface area contributed by atoms with Crippen molar-refractivity contribution in [2.45, 2.75) is 11.5 Å². The zero-order valence-electron chi connectivity index (χ0n) is 13.3.